The van der Waals surface area contributed by atoms with Gasteiger partial charge in [0.1, 0.15) is 5.75 Å². The zero-order chi connectivity index (χ0) is 11.0. The first-order valence-corrected chi connectivity index (χ1v) is 5.62. The molecule has 0 bridgehead atoms. The van der Waals surface area contributed by atoms with Gasteiger partial charge in [0, 0.05) is 0 Å². The standard InChI is InChI=1S/C15H14O/c1-16-13-8-9-15-12(10-13)7-6-11-4-2-3-5-14(11)15/h2-3,6-10H,4-5H2,1H3. The zero-order valence-electron chi connectivity index (χ0n) is 9.36. The largest absolute Gasteiger partial charge is 0.497 e. The van der Waals surface area contributed by atoms with E-state index < -0.39 is 0 Å². The van der Waals surface area contributed by atoms with Crippen molar-refractivity contribution in [1.29, 1.82) is 0 Å². The molecule has 0 saturated heterocycles. The van der Waals surface area contributed by atoms with Crippen molar-refractivity contribution in [2.75, 3.05) is 7.11 Å². The third kappa shape index (κ3) is 1.40. The Morgan fingerprint density at radius 3 is 2.75 bits per heavy atom. The molecule has 0 saturated carbocycles. The van der Waals surface area contributed by atoms with Crippen LogP contribution in [-0.2, 0) is 12.8 Å². The monoisotopic (exact) mass is 210 g/mol. The van der Waals surface area contributed by atoms with E-state index in [0.29, 0.717) is 0 Å². The second-order valence-electron chi connectivity index (χ2n) is 4.17. The fourth-order valence-corrected chi connectivity index (χ4v) is 2.39. The van der Waals surface area contributed by atoms with Gasteiger partial charge < -0.3 is 4.74 Å². The second-order valence-corrected chi connectivity index (χ2v) is 4.17. The molecule has 0 aliphatic heterocycles. The number of methoxy groups -OCH3 is 1. The van der Waals surface area contributed by atoms with Gasteiger partial charge in [-0.15, -0.1) is 0 Å². The molecule has 3 rings (SSSR count). The van der Waals surface area contributed by atoms with Gasteiger partial charge in [-0.3, -0.25) is 0 Å². The minimum Gasteiger partial charge on any atom is -0.497 e. The van der Waals surface area contributed by atoms with Crippen LogP contribution in [0.2, 0.25) is 0 Å². The van der Waals surface area contributed by atoms with Crippen LogP contribution in [0.4, 0.5) is 0 Å². The Bertz CT molecular complexity index is 567. The topological polar surface area (TPSA) is 9.23 Å². The van der Waals surface area contributed by atoms with Crippen LogP contribution in [0.25, 0.3) is 10.8 Å². The van der Waals surface area contributed by atoms with E-state index in [4.69, 9.17) is 4.74 Å². The molecule has 0 heterocycles. The maximum atomic E-state index is 5.25. The SMILES string of the molecule is COc1ccc2c3c(ccc2c1)CC=CC3. The van der Waals surface area contributed by atoms with Crippen molar-refractivity contribution >= 4 is 10.8 Å². The van der Waals surface area contributed by atoms with E-state index in [0.717, 1.165) is 18.6 Å². The average Bonchev–Trinajstić information content (AvgIpc) is 2.38. The first kappa shape index (κ1) is 9.46. The first-order chi connectivity index (χ1) is 7.88. The highest BCUT2D eigenvalue weighted by atomic mass is 16.5. The third-order valence-electron chi connectivity index (χ3n) is 3.26. The van der Waals surface area contributed by atoms with E-state index in [1.165, 1.54) is 21.9 Å². The van der Waals surface area contributed by atoms with E-state index in [9.17, 15) is 0 Å². The Morgan fingerprint density at radius 2 is 1.88 bits per heavy atom. The van der Waals surface area contributed by atoms with E-state index in [-0.39, 0.29) is 0 Å². The number of ether oxygens (including phenoxy) is 1. The van der Waals surface area contributed by atoms with Crippen LogP contribution in [0.15, 0.2) is 42.5 Å². The summed E-state index contributed by atoms with van der Waals surface area (Å²) < 4.78 is 5.25. The van der Waals surface area contributed by atoms with E-state index in [2.05, 4.69) is 36.4 Å². The first-order valence-electron chi connectivity index (χ1n) is 5.62. The fraction of sp³-hybridized carbons (Fsp3) is 0.200. The Morgan fingerprint density at radius 1 is 1.00 bits per heavy atom. The summed E-state index contributed by atoms with van der Waals surface area (Å²) >= 11 is 0. The van der Waals surface area contributed by atoms with Gasteiger partial charge in [-0.05, 0) is 46.9 Å². The summed E-state index contributed by atoms with van der Waals surface area (Å²) in [5.74, 6) is 0.929. The summed E-state index contributed by atoms with van der Waals surface area (Å²) in [7, 11) is 1.71. The third-order valence-corrected chi connectivity index (χ3v) is 3.26. The number of hydrogen-bond acceptors (Lipinski definition) is 1. The Balaban J connectivity index is 2.26. The van der Waals surface area contributed by atoms with Crippen molar-refractivity contribution in [2.45, 2.75) is 12.8 Å². The maximum absolute atomic E-state index is 5.25. The summed E-state index contributed by atoms with van der Waals surface area (Å²) in [6.07, 6.45) is 6.63. The zero-order valence-corrected chi connectivity index (χ0v) is 9.36. The number of rotatable bonds is 1. The van der Waals surface area contributed by atoms with Gasteiger partial charge in [0.25, 0.3) is 0 Å². The summed E-state index contributed by atoms with van der Waals surface area (Å²) in [6.45, 7) is 0. The Hall–Kier alpha value is -1.76. The van der Waals surface area contributed by atoms with Gasteiger partial charge in [0.2, 0.25) is 0 Å². The van der Waals surface area contributed by atoms with Gasteiger partial charge in [-0.2, -0.15) is 0 Å². The molecule has 0 fully saturated rings. The van der Waals surface area contributed by atoms with E-state index >= 15 is 0 Å². The molecule has 1 aliphatic carbocycles. The summed E-state index contributed by atoms with van der Waals surface area (Å²) in [6, 6.07) is 10.7. The second kappa shape index (κ2) is 3.67. The fourth-order valence-electron chi connectivity index (χ4n) is 2.39. The molecule has 16 heavy (non-hydrogen) atoms. The van der Waals surface area contributed by atoms with Gasteiger partial charge in [-0.1, -0.05) is 30.4 Å². The molecule has 1 aliphatic rings. The van der Waals surface area contributed by atoms with Gasteiger partial charge >= 0.3 is 0 Å². The molecule has 80 valence electrons. The van der Waals surface area contributed by atoms with E-state index in [1.807, 2.05) is 6.07 Å². The lowest BCUT2D eigenvalue weighted by atomic mass is 9.91. The summed E-state index contributed by atoms with van der Waals surface area (Å²) in [4.78, 5) is 0. The Labute approximate surface area is 95.4 Å². The number of hydrogen-bond donors (Lipinski definition) is 0. The van der Waals surface area contributed by atoms with Crippen molar-refractivity contribution in [3.8, 4) is 5.75 Å². The molecule has 1 nitrogen and oxygen atoms in total. The van der Waals surface area contributed by atoms with E-state index in [1.54, 1.807) is 7.11 Å². The minimum atomic E-state index is 0.929. The molecule has 2 aromatic rings. The van der Waals surface area contributed by atoms with Gasteiger partial charge in [-0.25, -0.2) is 0 Å². The molecule has 0 amide bonds. The lowest BCUT2D eigenvalue weighted by molar-refractivity contribution is 0.415. The molecular weight excluding hydrogens is 196 g/mol. The molecule has 0 radical (unpaired) electrons. The molecule has 0 spiro atoms. The summed E-state index contributed by atoms with van der Waals surface area (Å²) in [5.41, 5.74) is 2.93. The van der Waals surface area contributed by atoms with Crippen molar-refractivity contribution in [3.63, 3.8) is 0 Å². The number of fused-ring (bicyclic) bond motifs is 3. The molecule has 0 unspecified atom stereocenters. The average molecular weight is 210 g/mol. The van der Waals surface area contributed by atoms with Crippen LogP contribution in [0, 0.1) is 0 Å². The van der Waals surface area contributed by atoms with Crippen molar-refractivity contribution < 1.29 is 4.74 Å². The smallest absolute Gasteiger partial charge is 0.119 e. The van der Waals surface area contributed by atoms with Crippen LogP contribution in [0.1, 0.15) is 11.1 Å². The number of benzene rings is 2. The number of allylic oxidation sites excluding steroid dienone is 2. The highest BCUT2D eigenvalue weighted by molar-refractivity contribution is 5.88. The molecule has 2 aromatic carbocycles. The quantitative estimate of drug-likeness (QED) is 0.654. The summed E-state index contributed by atoms with van der Waals surface area (Å²) in [5, 5.41) is 2.64. The normalized spacial score (nSPS) is 13.8. The van der Waals surface area contributed by atoms with Crippen LogP contribution in [0.3, 0.4) is 0 Å². The van der Waals surface area contributed by atoms with Crippen LogP contribution in [-0.4, -0.2) is 7.11 Å². The maximum Gasteiger partial charge on any atom is 0.119 e. The predicted octanol–water partition coefficient (Wildman–Crippen LogP) is 3.50. The van der Waals surface area contributed by atoms with Crippen LogP contribution in [0.5, 0.6) is 5.75 Å². The lowest BCUT2D eigenvalue weighted by Gasteiger charge is -2.14. The molecule has 1 heteroatoms. The molecule has 0 atom stereocenters. The predicted molar refractivity (Wildman–Crippen MR) is 67.0 cm³/mol. The highest BCUT2D eigenvalue weighted by Crippen LogP contribution is 2.28. The Kier molecular flexibility index (Phi) is 2.17. The molecular formula is C15H14O. The van der Waals surface area contributed by atoms with Crippen molar-refractivity contribution in [2.24, 2.45) is 0 Å². The van der Waals surface area contributed by atoms with Crippen LogP contribution < -0.4 is 4.74 Å². The highest BCUT2D eigenvalue weighted by Gasteiger charge is 2.09. The van der Waals surface area contributed by atoms with Crippen molar-refractivity contribution in [1.82, 2.24) is 0 Å². The van der Waals surface area contributed by atoms with Crippen molar-refractivity contribution in [3.05, 3.63) is 53.6 Å². The lowest BCUT2D eigenvalue weighted by Crippen LogP contribution is -1.98. The molecule has 0 aromatic heterocycles. The van der Waals surface area contributed by atoms with Gasteiger partial charge in [0.05, 0.1) is 7.11 Å². The van der Waals surface area contributed by atoms with Gasteiger partial charge in [0.15, 0.2) is 0 Å². The molecule has 0 N–H and O–H groups in total. The van der Waals surface area contributed by atoms with Crippen LogP contribution >= 0.6 is 0 Å². The minimum absolute atomic E-state index is 0.929.